The first-order valence-electron chi connectivity index (χ1n) is 9.93. The van der Waals surface area contributed by atoms with Crippen LogP contribution in [-0.2, 0) is 11.3 Å². The minimum Gasteiger partial charge on any atom is -0.454 e. The van der Waals surface area contributed by atoms with E-state index in [1.165, 1.54) is 6.07 Å². The van der Waals surface area contributed by atoms with E-state index in [0.717, 1.165) is 50.2 Å². The van der Waals surface area contributed by atoms with Crippen LogP contribution in [-0.4, -0.2) is 30.7 Å². The first-order chi connectivity index (χ1) is 14.1. The predicted molar refractivity (Wildman–Crippen MR) is 110 cm³/mol. The molecule has 0 spiro atoms. The number of rotatable bonds is 6. The number of nitrogens with one attached hydrogen (secondary N) is 1. The number of benzene rings is 2. The minimum absolute atomic E-state index is 0.147. The molecule has 2 aromatic carbocycles. The summed E-state index contributed by atoms with van der Waals surface area (Å²) in [4.78, 5) is 14.6. The first-order valence-corrected chi connectivity index (χ1v) is 10.3. The van der Waals surface area contributed by atoms with Gasteiger partial charge in [0.1, 0.15) is 5.82 Å². The molecule has 0 radical (unpaired) electrons. The summed E-state index contributed by atoms with van der Waals surface area (Å²) in [5, 5.41) is 3.34. The molecular weight excluding hydrogens is 395 g/mol. The molecule has 7 heteroatoms. The van der Waals surface area contributed by atoms with Crippen molar-refractivity contribution in [1.29, 1.82) is 0 Å². The van der Waals surface area contributed by atoms with E-state index in [4.69, 9.17) is 21.1 Å². The summed E-state index contributed by atoms with van der Waals surface area (Å²) < 4.78 is 24.5. The highest BCUT2D eigenvalue weighted by atomic mass is 35.5. The van der Waals surface area contributed by atoms with Gasteiger partial charge in [-0.15, -0.1) is 0 Å². The summed E-state index contributed by atoms with van der Waals surface area (Å²) in [5.41, 5.74) is 1.26. The van der Waals surface area contributed by atoms with Crippen molar-refractivity contribution >= 4 is 23.2 Å². The summed E-state index contributed by atoms with van der Waals surface area (Å²) in [5.74, 6) is 1.30. The Morgan fingerprint density at radius 1 is 1.24 bits per heavy atom. The van der Waals surface area contributed by atoms with Gasteiger partial charge in [-0.1, -0.05) is 23.7 Å². The van der Waals surface area contributed by atoms with Gasteiger partial charge in [-0.25, -0.2) is 4.39 Å². The molecule has 0 unspecified atom stereocenters. The van der Waals surface area contributed by atoms with Crippen LogP contribution in [0.15, 0.2) is 36.4 Å². The SMILES string of the molecule is O=C(CC[C@@H]1CCCN(Cc2cc3c(cc2Cl)OCO3)C1)Nc1ccccc1F. The van der Waals surface area contributed by atoms with Crippen molar-refractivity contribution in [2.24, 2.45) is 5.92 Å². The second-order valence-electron chi connectivity index (χ2n) is 7.61. The third-order valence-electron chi connectivity index (χ3n) is 5.47. The zero-order valence-corrected chi connectivity index (χ0v) is 16.9. The second kappa shape index (κ2) is 9.01. The molecule has 154 valence electrons. The lowest BCUT2D eigenvalue weighted by Gasteiger charge is -2.33. The Morgan fingerprint density at radius 3 is 2.86 bits per heavy atom. The number of halogens is 2. The summed E-state index contributed by atoms with van der Waals surface area (Å²) in [6.45, 7) is 2.89. The van der Waals surface area contributed by atoms with Gasteiger partial charge >= 0.3 is 0 Å². The van der Waals surface area contributed by atoms with Crippen LogP contribution in [0.1, 0.15) is 31.2 Å². The largest absolute Gasteiger partial charge is 0.454 e. The van der Waals surface area contributed by atoms with E-state index in [1.807, 2.05) is 12.1 Å². The quantitative estimate of drug-likeness (QED) is 0.729. The number of carbonyl (C=O) groups is 1. The number of hydrogen-bond acceptors (Lipinski definition) is 4. The maximum absolute atomic E-state index is 13.7. The van der Waals surface area contributed by atoms with Gasteiger partial charge in [0.25, 0.3) is 0 Å². The molecule has 0 saturated carbocycles. The Hall–Kier alpha value is -2.31. The zero-order chi connectivity index (χ0) is 20.2. The number of fused-ring (bicyclic) bond motifs is 1. The average molecular weight is 419 g/mol. The van der Waals surface area contributed by atoms with Crippen molar-refractivity contribution in [2.45, 2.75) is 32.2 Å². The highest BCUT2D eigenvalue weighted by Crippen LogP contribution is 2.37. The van der Waals surface area contributed by atoms with E-state index >= 15 is 0 Å². The van der Waals surface area contributed by atoms with E-state index in [0.29, 0.717) is 23.1 Å². The monoisotopic (exact) mass is 418 g/mol. The normalized spacial score (nSPS) is 18.6. The molecular formula is C22H24ClFN2O3. The maximum atomic E-state index is 13.7. The molecule has 1 fully saturated rings. The third-order valence-corrected chi connectivity index (χ3v) is 5.82. The summed E-state index contributed by atoms with van der Waals surface area (Å²) in [7, 11) is 0. The van der Waals surface area contributed by atoms with Crippen LogP contribution in [0.2, 0.25) is 5.02 Å². The molecule has 2 aliphatic heterocycles. The van der Waals surface area contributed by atoms with E-state index in [-0.39, 0.29) is 18.4 Å². The molecule has 1 atom stereocenters. The highest BCUT2D eigenvalue weighted by Gasteiger charge is 2.23. The van der Waals surface area contributed by atoms with Crippen molar-refractivity contribution in [3.05, 3.63) is 52.8 Å². The Kier molecular flexibility index (Phi) is 6.21. The second-order valence-corrected chi connectivity index (χ2v) is 8.01. The molecule has 2 heterocycles. The standard InChI is InChI=1S/C22H24ClFN2O3/c23-17-11-21-20(28-14-29-21)10-16(17)13-26-9-3-4-15(12-26)7-8-22(27)25-19-6-2-1-5-18(19)24/h1-2,5-6,10-11,15H,3-4,7-9,12-14H2,(H,25,27)/t15-/m0/s1. The maximum Gasteiger partial charge on any atom is 0.231 e. The van der Waals surface area contributed by atoms with Gasteiger partial charge in [0.15, 0.2) is 11.5 Å². The minimum atomic E-state index is -0.412. The molecule has 1 saturated heterocycles. The van der Waals surface area contributed by atoms with E-state index in [2.05, 4.69) is 10.2 Å². The van der Waals surface area contributed by atoms with E-state index in [9.17, 15) is 9.18 Å². The third kappa shape index (κ3) is 5.00. The van der Waals surface area contributed by atoms with Gasteiger partial charge in [0, 0.05) is 30.6 Å². The van der Waals surface area contributed by atoms with Crippen LogP contribution in [0.25, 0.3) is 0 Å². The fraction of sp³-hybridized carbons (Fsp3) is 0.409. The number of anilines is 1. The fourth-order valence-corrected chi connectivity index (χ4v) is 4.18. The topological polar surface area (TPSA) is 50.8 Å². The van der Waals surface area contributed by atoms with E-state index < -0.39 is 5.82 Å². The number of piperidine rings is 1. The average Bonchev–Trinajstić information content (AvgIpc) is 3.16. The molecule has 2 aromatic rings. The van der Waals surface area contributed by atoms with Crippen LogP contribution in [0.4, 0.5) is 10.1 Å². The van der Waals surface area contributed by atoms with Gasteiger partial charge in [0.05, 0.1) is 5.69 Å². The van der Waals surface area contributed by atoms with E-state index in [1.54, 1.807) is 18.2 Å². The van der Waals surface area contributed by atoms with Crippen molar-refractivity contribution in [1.82, 2.24) is 4.90 Å². The van der Waals surface area contributed by atoms with Gasteiger partial charge in [0.2, 0.25) is 12.7 Å². The van der Waals surface area contributed by atoms with Crippen molar-refractivity contribution < 1.29 is 18.7 Å². The Bertz CT molecular complexity index is 892. The number of nitrogens with zero attached hydrogens (tertiary/aromatic N) is 1. The van der Waals surface area contributed by atoms with Crippen LogP contribution in [0.5, 0.6) is 11.5 Å². The van der Waals surface area contributed by atoms with Crippen molar-refractivity contribution in [2.75, 3.05) is 25.2 Å². The lowest BCUT2D eigenvalue weighted by Crippen LogP contribution is -2.35. The number of amides is 1. The lowest BCUT2D eigenvalue weighted by atomic mass is 9.93. The molecule has 0 bridgehead atoms. The summed E-state index contributed by atoms with van der Waals surface area (Å²) >= 11 is 6.41. The van der Waals surface area contributed by atoms with Crippen molar-refractivity contribution in [3.8, 4) is 11.5 Å². The van der Waals surface area contributed by atoms with Crippen LogP contribution < -0.4 is 14.8 Å². The Morgan fingerprint density at radius 2 is 2.03 bits per heavy atom. The number of likely N-dealkylation sites (tertiary alicyclic amines) is 1. The summed E-state index contributed by atoms with van der Waals surface area (Å²) in [6.07, 6.45) is 3.35. The van der Waals surface area contributed by atoms with Gasteiger partial charge in [-0.05, 0) is 55.5 Å². The fourth-order valence-electron chi connectivity index (χ4n) is 3.96. The lowest BCUT2D eigenvalue weighted by molar-refractivity contribution is -0.116. The predicted octanol–water partition coefficient (Wildman–Crippen LogP) is 4.84. The molecule has 1 N–H and O–H groups in total. The van der Waals surface area contributed by atoms with Crippen molar-refractivity contribution in [3.63, 3.8) is 0 Å². The van der Waals surface area contributed by atoms with Crippen LogP contribution in [0.3, 0.4) is 0 Å². The first kappa shape index (κ1) is 20.0. The molecule has 0 aromatic heterocycles. The van der Waals surface area contributed by atoms with Gasteiger partial charge in [-0.3, -0.25) is 9.69 Å². The number of hydrogen-bond donors (Lipinski definition) is 1. The zero-order valence-electron chi connectivity index (χ0n) is 16.1. The molecule has 2 aliphatic rings. The molecule has 29 heavy (non-hydrogen) atoms. The van der Waals surface area contributed by atoms with Gasteiger partial charge in [-0.2, -0.15) is 0 Å². The Balaban J connectivity index is 1.29. The molecule has 0 aliphatic carbocycles. The Labute approximate surface area is 174 Å². The number of ether oxygens (including phenoxy) is 2. The molecule has 4 rings (SSSR count). The summed E-state index contributed by atoms with van der Waals surface area (Å²) in [6, 6.07) is 10.00. The van der Waals surface area contributed by atoms with Crippen LogP contribution >= 0.6 is 11.6 Å². The molecule has 5 nitrogen and oxygen atoms in total. The number of para-hydroxylation sites is 1. The molecule has 1 amide bonds. The number of carbonyl (C=O) groups excluding carboxylic acids is 1. The smallest absolute Gasteiger partial charge is 0.231 e. The van der Waals surface area contributed by atoms with Gasteiger partial charge < -0.3 is 14.8 Å². The van der Waals surface area contributed by atoms with Crippen LogP contribution in [0, 0.1) is 11.7 Å². The highest BCUT2D eigenvalue weighted by molar-refractivity contribution is 6.31.